The van der Waals surface area contributed by atoms with Crippen LogP contribution >= 0.6 is 0 Å². The van der Waals surface area contributed by atoms with Crippen LogP contribution in [0, 0.1) is 0 Å². The van der Waals surface area contributed by atoms with Crippen LogP contribution in [-0.2, 0) is 11.3 Å². The monoisotopic (exact) mass is 348 g/mol. The van der Waals surface area contributed by atoms with Crippen molar-refractivity contribution >= 4 is 11.9 Å². The molecule has 1 aromatic carbocycles. The molecule has 134 valence electrons. The van der Waals surface area contributed by atoms with Gasteiger partial charge in [-0.3, -0.25) is 4.79 Å². The van der Waals surface area contributed by atoms with Crippen LogP contribution in [0.5, 0.6) is 11.8 Å². The molecule has 0 saturated carbocycles. The van der Waals surface area contributed by atoms with Crippen molar-refractivity contribution in [1.82, 2.24) is 10.0 Å². The highest BCUT2D eigenvalue weighted by atomic mass is 16.6. The van der Waals surface area contributed by atoms with Crippen molar-refractivity contribution in [3.05, 3.63) is 47.0 Å². The van der Waals surface area contributed by atoms with E-state index in [2.05, 4.69) is 5.32 Å². The van der Waals surface area contributed by atoms with Gasteiger partial charge in [0.2, 0.25) is 11.8 Å². The number of nitrogens with one attached hydrogen (secondary N) is 1. The SMILES string of the molecule is CC(C)(C)OC(=O)NCc1ccc(C(=O)c2cc(O)n(O)c2O)cc1. The van der Waals surface area contributed by atoms with Crippen molar-refractivity contribution in [2.45, 2.75) is 32.9 Å². The van der Waals surface area contributed by atoms with Gasteiger partial charge in [-0.2, -0.15) is 0 Å². The molecular formula is C17H20N2O6. The zero-order valence-electron chi connectivity index (χ0n) is 14.1. The lowest BCUT2D eigenvalue weighted by molar-refractivity contribution is 0.0523. The predicted octanol–water partition coefficient (Wildman–Crippen LogP) is 2.39. The van der Waals surface area contributed by atoms with Gasteiger partial charge in [-0.25, -0.2) is 4.79 Å². The van der Waals surface area contributed by atoms with Crippen LogP contribution in [0.25, 0.3) is 0 Å². The molecule has 8 heteroatoms. The Morgan fingerprint density at radius 1 is 1.16 bits per heavy atom. The summed E-state index contributed by atoms with van der Waals surface area (Å²) in [7, 11) is 0. The molecular weight excluding hydrogens is 328 g/mol. The Bertz CT molecular complexity index is 787. The highest BCUT2D eigenvalue weighted by Crippen LogP contribution is 2.27. The number of rotatable bonds is 4. The van der Waals surface area contributed by atoms with Crippen molar-refractivity contribution in [2.24, 2.45) is 0 Å². The average molecular weight is 348 g/mol. The lowest BCUT2D eigenvalue weighted by Gasteiger charge is -2.19. The zero-order chi connectivity index (χ0) is 18.8. The number of carbonyl (C=O) groups is 2. The fourth-order valence-corrected chi connectivity index (χ4v) is 2.06. The molecule has 0 spiro atoms. The second-order valence-corrected chi connectivity index (χ2v) is 6.43. The maximum Gasteiger partial charge on any atom is 0.407 e. The predicted molar refractivity (Wildman–Crippen MR) is 87.9 cm³/mol. The first kappa shape index (κ1) is 18.2. The first-order valence-electron chi connectivity index (χ1n) is 7.52. The van der Waals surface area contributed by atoms with Gasteiger partial charge < -0.3 is 25.5 Å². The summed E-state index contributed by atoms with van der Waals surface area (Å²) in [6.07, 6.45) is -0.544. The van der Waals surface area contributed by atoms with Crippen LogP contribution < -0.4 is 5.32 Å². The van der Waals surface area contributed by atoms with Crippen LogP contribution in [0.2, 0.25) is 0 Å². The summed E-state index contributed by atoms with van der Waals surface area (Å²) < 4.78 is 5.24. The average Bonchev–Trinajstić information content (AvgIpc) is 2.79. The maximum atomic E-state index is 12.3. The molecule has 0 aliphatic rings. The Morgan fingerprint density at radius 2 is 1.76 bits per heavy atom. The Balaban J connectivity index is 2.03. The van der Waals surface area contributed by atoms with Crippen molar-refractivity contribution in [3.8, 4) is 11.8 Å². The van der Waals surface area contributed by atoms with E-state index in [4.69, 9.17) is 4.74 Å². The number of benzene rings is 1. The van der Waals surface area contributed by atoms with Crippen LogP contribution in [-0.4, -0.2) is 37.6 Å². The third-order valence-electron chi connectivity index (χ3n) is 3.23. The van der Waals surface area contributed by atoms with E-state index in [9.17, 15) is 25.0 Å². The summed E-state index contributed by atoms with van der Waals surface area (Å²) in [6.45, 7) is 5.52. The Morgan fingerprint density at radius 3 is 2.24 bits per heavy atom. The van der Waals surface area contributed by atoms with E-state index < -0.39 is 29.2 Å². The van der Waals surface area contributed by atoms with Gasteiger partial charge in [0, 0.05) is 18.2 Å². The molecule has 0 saturated heterocycles. The lowest BCUT2D eigenvalue weighted by Crippen LogP contribution is -2.32. The number of aromatic nitrogens is 1. The van der Waals surface area contributed by atoms with Gasteiger partial charge in [-0.15, -0.1) is 4.73 Å². The van der Waals surface area contributed by atoms with Gasteiger partial charge in [0.15, 0.2) is 5.78 Å². The number of ether oxygens (including phenoxy) is 1. The summed E-state index contributed by atoms with van der Waals surface area (Å²) in [5, 5.41) is 30.8. The fraction of sp³-hybridized carbons (Fsp3) is 0.294. The number of nitrogens with zero attached hydrogens (tertiary/aromatic N) is 1. The van der Waals surface area contributed by atoms with E-state index in [1.165, 1.54) is 12.1 Å². The molecule has 4 N–H and O–H groups in total. The maximum absolute atomic E-state index is 12.3. The smallest absolute Gasteiger partial charge is 0.407 e. The van der Waals surface area contributed by atoms with E-state index >= 15 is 0 Å². The van der Waals surface area contributed by atoms with Crippen LogP contribution in [0.3, 0.4) is 0 Å². The quantitative estimate of drug-likeness (QED) is 0.497. The number of carbonyl (C=O) groups excluding carboxylic acids is 2. The van der Waals surface area contributed by atoms with E-state index in [0.717, 1.165) is 11.6 Å². The topological polar surface area (TPSA) is 121 Å². The molecule has 0 fully saturated rings. The van der Waals surface area contributed by atoms with Crippen LogP contribution in [0.1, 0.15) is 42.3 Å². The Kier molecular flexibility index (Phi) is 4.92. The Hall–Kier alpha value is -3.16. The number of aromatic hydroxyl groups is 2. The summed E-state index contributed by atoms with van der Waals surface area (Å²) in [5.74, 6) is -1.94. The van der Waals surface area contributed by atoms with E-state index in [0.29, 0.717) is 0 Å². The standard InChI is InChI=1S/C17H20N2O6/c1-17(2,3)25-16(23)18-9-10-4-6-11(7-5-10)14(21)12-8-13(20)19(24)15(12)22/h4-8,20,22,24H,9H2,1-3H3,(H,18,23). The number of hydrogen-bond donors (Lipinski definition) is 4. The minimum absolute atomic E-state index is 0.117. The first-order chi connectivity index (χ1) is 11.6. The molecule has 1 heterocycles. The molecule has 0 bridgehead atoms. The fourth-order valence-electron chi connectivity index (χ4n) is 2.06. The first-order valence-corrected chi connectivity index (χ1v) is 7.52. The zero-order valence-corrected chi connectivity index (χ0v) is 14.1. The third-order valence-corrected chi connectivity index (χ3v) is 3.23. The highest BCUT2D eigenvalue weighted by molar-refractivity contribution is 6.10. The summed E-state index contributed by atoms with van der Waals surface area (Å²) in [5.41, 5.74) is 0.188. The van der Waals surface area contributed by atoms with Gasteiger partial charge in [0.05, 0.1) is 5.56 Å². The summed E-state index contributed by atoms with van der Waals surface area (Å²) in [4.78, 5) is 23.9. The Labute approximate surface area is 144 Å². The summed E-state index contributed by atoms with van der Waals surface area (Å²) >= 11 is 0. The molecule has 0 unspecified atom stereocenters. The molecule has 0 atom stereocenters. The van der Waals surface area contributed by atoms with Crippen LogP contribution in [0.15, 0.2) is 30.3 Å². The number of ketones is 1. The van der Waals surface area contributed by atoms with Crippen molar-refractivity contribution in [2.75, 3.05) is 0 Å². The molecule has 0 radical (unpaired) electrons. The van der Waals surface area contributed by atoms with Crippen LogP contribution in [0.4, 0.5) is 4.79 Å². The van der Waals surface area contributed by atoms with Gasteiger partial charge in [-0.05, 0) is 26.3 Å². The van der Waals surface area contributed by atoms with Gasteiger partial charge in [-0.1, -0.05) is 24.3 Å². The lowest BCUT2D eigenvalue weighted by atomic mass is 10.0. The molecule has 1 amide bonds. The molecule has 1 aromatic heterocycles. The second kappa shape index (κ2) is 6.76. The van der Waals surface area contributed by atoms with Gasteiger partial charge >= 0.3 is 6.09 Å². The molecule has 2 aromatic rings. The molecule has 8 nitrogen and oxygen atoms in total. The van der Waals surface area contributed by atoms with Gasteiger partial charge in [0.25, 0.3) is 0 Å². The number of amides is 1. The van der Waals surface area contributed by atoms with Crippen molar-refractivity contribution in [1.29, 1.82) is 0 Å². The molecule has 0 aliphatic heterocycles. The summed E-state index contributed by atoms with van der Waals surface area (Å²) in [6, 6.07) is 7.27. The highest BCUT2D eigenvalue weighted by Gasteiger charge is 2.21. The third kappa shape index (κ3) is 4.43. The van der Waals surface area contributed by atoms with E-state index in [1.807, 2.05) is 0 Å². The molecule has 0 aliphatic carbocycles. The number of hydrogen-bond acceptors (Lipinski definition) is 6. The number of alkyl carbamates (subject to hydrolysis) is 1. The van der Waals surface area contributed by atoms with E-state index in [1.54, 1.807) is 32.9 Å². The normalized spacial score (nSPS) is 11.2. The molecule has 2 rings (SSSR count). The van der Waals surface area contributed by atoms with Crippen molar-refractivity contribution < 1.29 is 29.7 Å². The minimum Gasteiger partial charge on any atom is -0.492 e. The van der Waals surface area contributed by atoms with Crippen molar-refractivity contribution in [3.63, 3.8) is 0 Å². The van der Waals surface area contributed by atoms with Gasteiger partial charge in [0.1, 0.15) is 5.60 Å². The van der Waals surface area contributed by atoms with E-state index in [-0.39, 0.29) is 22.4 Å². The largest absolute Gasteiger partial charge is 0.492 e. The minimum atomic E-state index is -0.738. The second-order valence-electron chi connectivity index (χ2n) is 6.43. The molecule has 25 heavy (non-hydrogen) atoms.